The van der Waals surface area contributed by atoms with Crippen molar-refractivity contribution in [2.45, 2.75) is 44.1 Å². The zero-order chi connectivity index (χ0) is 23.5. The van der Waals surface area contributed by atoms with E-state index in [0.29, 0.717) is 48.9 Å². The lowest BCUT2D eigenvalue weighted by Crippen LogP contribution is -2.56. The van der Waals surface area contributed by atoms with E-state index in [9.17, 15) is 8.42 Å². The van der Waals surface area contributed by atoms with Gasteiger partial charge in [0.15, 0.2) is 21.4 Å². The van der Waals surface area contributed by atoms with Gasteiger partial charge in [-0.05, 0) is 32.9 Å². The zero-order valence-electron chi connectivity index (χ0n) is 19.1. The Morgan fingerprint density at radius 1 is 1.15 bits per heavy atom. The van der Waals surface area contributed by atoms with Gasteiger partial charge in [-0.3, -0.25) is 4.57 Å². The molecule has 2 aliphatic heterocycles. The molecular weight excluding hydrogens is 444 g/mol. The third-order valence-electron chi connectivity index (χ3n) is 6.55. The summed E-state index contributed by atoms with van der Waals surface area (Å²) in [5, 5.41) is 0. The minimum atomic E-state index is -3.54. The van der Waals surface area contributed by atoms with Gasteiger partial charge < -0.3 is 20.1 Å². The Kier molecular flexibility index (Phi) is 5.11. The highest BCUT2D eigenvalue weighted by Gasteiger charge is 2.44. The van der Waals surface area contributed by atoms with Gasteiger partial charge in [-0.15, -0.1) is 0 Å². The summed E-state index contributed by atoms with van der Waals surface area (Å²) in [4.78, 5) is 16.5. The largest absolute Gasteiger partial charge is 0.486 e. The van der Waals surface area contributed by atoms with Crippen LogP contribution in [0.4, 0.5) is 5.82 Å². The molecule has 0 bridgehead atoms. The fourth-order valence-corrected chi connectivity index (χ4v) is 4.93. The molecule has 1 fully saturated rings. The zero-order valence-corrected chi connectivity index (χ0v) is 20.0. The van der Waals surface area contributed by atoms with Gasteiger partial charge in [-0.1, -0.05) is 12.1 Å². The van der Waals surface area contributed by atoms with E-state index in [1.165, 1.54) is 6.26 Å². The third-order valence-corrected chi connectivity index (χ3v) is 8.60. The van der Waals surface area contributed by atoms with Crippen molar-refractivity contribution in [3.63, 3.8) is 0 Å². The smallest absolute Gasteiger partial charge is 0.238 e. The van der Waals surface area contributed by atoms with E-state index < -0.39 is 14.6 Å². The van der Waals surface area contributed by atoms with Crippen LogP contribution < -0.4 is 15.4 Å². The number of ether oxygens (including phenoxy) is 2. The second kappa shape index (κ2) is 7.64. The number of rotatable bonds is 4. The lowest BCUT2D eigenvalue weighted by molar-refractivity contribution is 0.0482. The van der Waals surface area contributed by atoms with Crippen LogP contribution in [0.25, 0.3) is 17.0 Å². The van der Waals surface area contributed by atoms with E-state index in [1.807, 2.05) is 24.3 Å². The van der Waals surface area contributed by atoms with E-state index >= 15 is 0 Å². The Balaban J connectivity index is 1.83. The van der Waals surface area contributed by atoms with E-state index in [1.54, 1.807) is 18.4 Å². The Labute approximate surface area is 192 Å². The summed E-state index contributed by atoms with van der Waals surface area (Å²) in [5.41, 5.74) is 7.90. The molecule has 176 valence electrons. The monoisotopic (exact) mass is 472 g/mol. The first-order valence-electron chi connectivity index (χ1n) is 10.9. The van der Waals surface area contributed by atoms with Crippen molar-refractivity contribution in [2.75, 3.05) is 31.0 Å². The highest BCUT2D eigenvalue weighted by atomic mass is 32.2. The molecular formula is C22H28N6O4S. The molecule has 0 spiro atoms. The van der Waals surface area contributed by atoms with Crippen LogP contribution in [0.3, 0.4) is 0 Å². The first-order valence-corrected chi connectivity index (χ1v) is 12.8. The molecule has 2 aliphatic rings. The number of hydrogen-bond donors (Lipinski definition) is 1. The molecule has 5 rings (SSSR count). The normalized spacial score (nSPS) is 20.9. The summed E-state index contributed by atoms with van der Waals surface area (Å²) in [6, 6.07) is 7.64. The summed E-state index contributed by atoms with van der Waals surface area (Å²) >= 11 is 0. The molecule has 10 nitrogen and oxygen atoms in total. The van der Waals surface area contributed by atoms with E-state index in [0.717, 1.165) is 11.0 Å². The molecule has 1 aromatic carbocycles. The number of imidazole rings is 1. The maximum Gasteiger partial charge on any atom is 0.238 e. The fourth-order valence-electron chi connectivity index (χ4n) is 4.44. The van der Waals surface area contributed by atoms with Crippen LogP contribution in [-0.2, 0) is 25.9 Å². The van der Waals surface area contributed by atoms with Gasteiger partial charge in [0, 0.05) is 6.26 Å². The predicted molar refractivity (Wildman–Crippen MR) is 124 cm³/mol. The van der Waals surface area contributed by atoms with Crippen LogP contribution in [0.15, 0.2) is 24.3 Å². The molecule has 11 heteroatoms. The summed E-state index contributed by atoms with van der Waals surface area (Å²) in [6.07, 6.45) is 1.21. The molecule has 0 saturated carbocycles. The van der Waals surface area contributed by atoms with E-state index in [-0.39, 0.29) is 18.6 Å². The van der Waals surface area contributed by atoms with Crippen molar-refractivity contribution in [1.82, 2.24) is 19.5 Å². The lowest BCUT2D eigenvalue weighted by atomic mass is 10.0. The molecule has 0 amide bonds. The third kappa shape index (κ3) is 3.37. The summed E-state index contributed by atoms with van der Waals surface area (Å²) in [5.74, 6) is 1.87. The topological polar surface area (TPSA) is 125 Å². The van der Waals surface area contributed by atoms with Crippen LogP contribution in [-0.4, -0.2) is 66.1 Å². The molecule has 0 aliphatic carbocycles. The SMILES string of the molecule is C[C@@H]1COC[C@@H]2COc3c(nc(-n4c(CN)nc5ccccc54)nc3C(C)(C)S(C)(=O)=O)N21. The number of nitrogens with two attached hydrogens (primary N) is 1. The van der Waals surface area contributed by atoms with Crippen LogP contribution in [0.1, 0.15) is 32.3 Å². The van der Waals surface area contributed by atoms with Crippen molar-refractivity contribution in [1.29, 1.82) is 0 Å². The van der Waals surface area contributed by atoms with Crippen molar-refractivity contribution in [2.24, 2.45) is 5.73 Å². The second-order valence-corrected chi connectivity index (χ2v) is 11.7. The first kappa shape index (κ1) is 22.1. The van der Waals surface area contributed by atoms with Gasteiger partial charge in [-0.2, -0.15) is 4.98 Å². The summed E-state index contributed by atoms with van der Waals surface area (Å²) < 4.78 is 38.0. The minimum Gasteiger partial charge on any atom is -0.486 e. The maximum absolute atomic E-state index is 12.8. The first-order chi connectivity index (χ1) is 15.6. The average Bonchev–Trinajstić information content (AvgIpc) is 3.16. The highest BCUT2D eigenvalue weighted by Crippen LogP contribution is 2.44. The maximum atomic E-state index is 12.8. The van der Waals surface area contributed by atoms with E-state index in [4.69, 9.17) is 25.2 Å². The Morgan fingerprint density at radius 3 is 2.64 bits per heavy atom. The van der Waals surface area contributed by atoms with Crippen LogP contribution >= 0.6 is 0 Å². The highest BCUT2D eigenvalue weighted by molar-refractivity contribution is 7.91. The van der Waals surface area contributed by atoms with Gasteiger partial charge >= 0.3 is 0 Å². The van der Waals surface area contributed by atoms with Crippen molar-refractivity contribution in [3.05, 3.63) is 35.8 Å². The van der Waals surface area contributed by atoms with E-state index in [2.05, 4.69) is 16.8 Å². The van der Waals surface area contributed by atoms with Gasteiger partial charge in [0.2, 0.25) is 5.95 Å². The molecule has 0 unspecified atom stereocenters. The number of morpholine rings is 1. The standard InChI is InChI=1S/C22H28N6O4S/c1-13-10-31-11-14-12-32-18-19(22(2,3)33(4,29)30)25-21(26-20(18)27(13)14)28-16-8-6-5-7-15(16)24-17(28)9-23/h5-8,13-14H,9-12,23H2,1-4H3/t13-,14-/m1/s1. The molecule has 33 heavy (non-hydrogen) atoms. The Bertz CT molecular complexity index is 1340. The van der Waals surface area contributed by atoms with Crippen molar-refractivity contribution < 1.29 is 17.9 Å². The van der Waals surface area contributed by atoms with Gasteiger partial charge in [0.1, 0.15) is 22.9 Å². The summed E-state index contributed by atoms with van der Waals surface area (Å²) in [6.45, 7) is 6.94. The van der Waals surface area contributed by atoms with Gasteiger partial charge in [-0.25, -0.2) is 18.4 Å². The number of fused-ring (bicyclic) bond motifs is 4. The summed E-state index contributed by atoms with van der Waals surface area (Å²) in [7, 11) is -3.54. The minimum absolute atomic E-state index is 0.0216. The quantitative estimate of drug-likeness (QED) is 0.602. The molecule has 2 atom stereocenters. The Morgan fingerprint density at radius 2 is 1.91 bits per heavy atom. The number of aromatic nitrogens is 4. The number of hydrogen-bond acceptors (Lipinski definition) is 9. The average molecular weight is 473 g/mol. The van der Waals surface area contributed by atoms with Crippen LogP contribution in [0.2, 0.25) is 0 Å². The van der Waals surface area contributed by atoms with Crippen LogP contribution in [0.5, 0.6) is 5.75 Å². The number of para-hydroxylation sites is 2. The fraction of sp³-hybridized carbons (Fsp3) is 0.500. The van der Waals surface area contributed by atoms with Gasteiger partial charge in [0.25, 0.3) is 0 Å². The van der Waals surface area contributed by atoms with Gasteiger partial charge in [0.05, 0.1) is 42.9 Å². The molecule has 0 radical (unpaired) electrons. The van der Waals surface area contributed by atoms with Crippen molar-refractivity contribution in [3.8, 4) is 11.7 Å². The van der Waals surface area contributed by atoms with Crippen molar-refractivity contribution >= 4 is 26.7 Å². The molecule has 3 aromatic rings. The number of anilines is 1. The molecule has 4 heterocycles. The number of benzene rings is 1. The molecule has 1 saturated heterocycles. The van der Waals surface area contributed by atoms with Crippen LogP contribution in [0, 0.1) is 0 Å². The predicted octanol–water partition coefficient (Wildman–Crippen LogP) is 1.54. The molecule has 2 aromatic heterocycles. The second-order valence-electron chi connectivity index (χ2n) is 9.12. The molecule has 2 N–H and O–H groups in total. The Hall–Kier alpha value is -2.76. The lowest BCUT2D eigenvalue weighted by Gasteiger charge is -2.45. The number of sulfone groups is 1. The number of nitrogens with zero attached hydrogens (tertiary/aromatic N) is 5.